The molecule has 17 heteroatoms. The lowest BCUT2D eigenvalue weighted by Crippen LogP contribution is -2.39. The van der Waals surface area contributed by atoms with Crippen molar-refractivity contribution in [2.75, 3.05) is 10.6 Å². The number of carbonyl (C=O) groups is 3. The summed E-state index contributed by atoms with van der Waals surface area (Å²) in [5.41, 5.74) is 3.09. The molecule has 0 aliphatic rings. The summed E-state index contributed by atoms with van der Waals surface area (Å²) in [4.78, 5) is 49.6. The van der Waals surface area contributed by atoms with Gasteiger partial charge in [-0.25, -0.2) is 24.5 Å². The molecule has 6 N–H and O–H groups in total. The van der Waals surface area contributed by atoms with Gasteiger partial charge in [-0.3, -0.25) is 9.78 Å². The van der Waals surface area contributed by atoms with Crippen molar-refractivity contribution in [3.05, 3.63) is 108 Å². The van der Waals surface area contributed by atoms with E-state index in [9.17, 15) is 27.6 Å². The molecule has 49 heavy (non-hydrogen) atoms. The highest BCUT2D eigenvalue weighted by Gasteiger charge is 2.32. The van der Waals surface area contributed by atoms with Gasteiger partial charge in [0.05, 0.1) is 23.3 Å². The molecule has 0 spiro atoms. The summed E-state index contributed by atoms with van der Waals surface area (Å²) in [6.07, 6.45) is -1.15. The van der Waals surface area contributed by atoms with Crippen LogP contribution in [0.1, 0.15) is 27.2 Å². The molecule has 5 rings (SSSR count). The fourth-order valence-corrected chi connectivity index (χ4v) is 4.14. The van der Waals surface area contributed by atoms with E-state index in [1.165, 1.54) is 17.0 Å². The number of rotatable bonds is 9. The number of anilines is 3. The number of aliphatic hydroxyl groups is 2. The van der Waals surface area contributed by atoms with Gasteiger partial charge in [0, 0.05) is 53.0 Å². The van der Waals surface area contributed by atoms with E-state index in [-0.39, 0.29) is 16.9 Å². The van der Waals surface area contributed by atoms with Crippen molar-refractivity contribution in [2.45, 2.75) is 32.2 Å². The molecule has 14 nitrogen and oxygen atoms in total. The van der Waals surface area contributed by atoms with Crippen molar-refractivity contribution in [2.24, 2.45) is 0 Å². The summed E-state index contributed by atoms with van der Waals surface area (Å²) in [6, 6.07) is 13.7. The van der Waals surface area contributed by atoms with E-state index in [4.69, 9.17) is 20.4 Å². The number of amides is 1. The summed E-state index contributed by atoms with van der Waals surface area (Å²) in [5.74, 6) is -3.80. The molecule has 0 unspecified atom stereocenters. The van der Waals surface area contributed by atoms with E-state index in [0.717, 1.165) is 23.3 Å². The second kappa shape index (κ2) is 15.1. The quantitative estimate of drug-likeness (QED) is 0.129. The first kappa shape index (κ1) is 35.7. The summed E-state index contributed by atoms with van der Waals surface area (Å²) in [7, 11) is 0. The van der Waals surface area contributed by atoms with E-state index in [1.54, 1.807) is 62.0 Å². The van der Waals surface area contributed by atoms with Gasteiger partial charge in [-0.15, -0.1) is 0 Å². The molecular weight excluding hydrogens is 651 g/mol. The van der Waals surface area contributed by atoms with Gasteiger partial charge < -0.3 is 35.6 Å². The SMILES string of the molecule is Cc1cn(-c2cc(NC(=O)c3ccc(C)c(Nc4nccc(-c5cccnc5)n4)c3)cc(C(F)(F)F)c2)cn1.O=C(O)[C@@H](O)[C@H](O)C(=O)O. The zero-order valence-corrected chi connectivity index (χ0v) is 25.6. The number of hydrogen-bond acceptors (Lipinski definition) is 10. The Bertz CT molecular complexity index is 1950. The first-order chi connectivity index (χ1) is 23.1. The number of imidazole rings is 1. The van der Waals surface area contributed by atoms with Crippen LogP contribution in [0.5, 0.6) is 0 Å². The van der Waals surface area contributed by atoms with Crippen molar-refractivity contribution >= 4 is 35.2 Å². The predicted octanol–water partition coefficient (Wildman–Crippen LogP) is 4.23. The molecular formula is C32H28F3N7O7. The number of alkyl halides is 3. The number of benzene rings is 2. The van der Waals surface area contributed by atoms with Gasteiger partial charge in [0.15, 0.2) is 12.2 Å². The maximum atomic E-state index is 13.6. The topological polar surface area (TPSA) is 213 Å². The average Bonchev–Trinajstić information content (AvgIpc) is 3.51. The first-order valence-electron chi connectivity index (χ1n) is 14.1. The second-order valence-electron chi connectivity index (χ2n) is 10.4. The Kier molecular flexibility index (Phi) is 11.0. The van der Waals surface area contributed by atoms with Gasteiger partial charge in [-0.05, 0) is 67.9 Å². The number of aryl methyl sites for hydroxylation is 2. The van der Waals surface area contributed by atoms with E-state index < -0.39 is 41.8 Å². The number of carbonyl (C=O) groups excluding carboxylic acids is 1. The maximum absolute atomic E-state index is 13.6. The molecule has 0 radical (unpaired) electrons. The molecule has 0 bridgehead atoms. The van der Waals surface area contributed by atoms with E-state index in [0.29, 0.717) is 23.0 Å². The van der Waals surface area contributed by atoms with Gasteiger partial charge in [-0.2, -0.15) is 13.2 Å². The van der Waals surface area contributed by atoms with Gasteiger partial charge in [-0.1, -0.05) is 6.07 Å². The lowest BCUT2D eigenvalue weighted by atomic mass is 10.1. The highest BCUT2D eigenvalue weighted by atomic mass is 19.4. The summed E-state index contributed by atoms with van der Waals surface area (Å²) in [5, 5.41) is 38.2. The predicted molar refractivity (Wildman–Crippen MR) is 168 cm³/mol. The molecule has 3 aromatic heterocycles. The lowest BCUT2D eigenvalue weighted by Gasteiger charge is -2.14. The van der Waals surface area contributed by atoms with Crippen LogP contribution >= 0.6 is 0 Å². The maximum Gasteiger partial charge on any atom is 0.416 e. The number of nitrogens with zero attached hydrogens (tertiary/aromatic N) is 5. The van der Waals surface area contributed by atoms with Crippen LogP contribution < -0.4 is 10.6 Å². The molecule has 0 aliphatic heterocycles. The van der Waals surface area contributed by atoms with Crippen LogP contribution in [0.15, 0.2) is 85.7 Å². The number of carboxylic acid groups (broad SMARTS) is 2. The molecule has 2 atom stereocenters. The summed E-state index contributed by atoms with van der Waals surface area (Å²) >= 11 is 0. The molecule has 2 aromatic carbocycles. The Hall–Kier alpha value is -6.20. The first-order valence-corrected chi connectivity index (χ1v) is 14.1. The summed E-state index contributed by atoms with van der Waals surface area (Å²) in [6.45, 7) is 3.58. The minimum absolute atomic E-state index is 0.00114. The third kappa shape index (κ3) is 9.43. The fraction of sp³-hybridized carbons (Fsp3) is 0.156. The van der Waals surface area contributed by atoms with Crippen LogP contribution in [0, 0.1) is 13.8 Å². The smallest absolute Gasteiger partial charge is 0.416 e. The molecule has 1 amide bonds. The van der Waals surface area contributed by atoms with Gasteiger partial charge in [0.25, 0.3) is 5.91 Å². The third-order valence-corrected chi connectivity index (χ3v) is 6.68. The second-order valence-corrected chi connectivity index (χ2v) is 10.4. The Labute approximate surface area is 275 Å². The molecule has 254 valence electrons. The number of aromatic nitrogens is 5. The summed E-state index contributed by atoms with van der Waals surface area (Å²) < 4.78 is 42.3. The highest BCUT2D eigenvalue weighted by molar-refractivity contribution is 6.05. The number of carboxylic acids is 2. The zero-order valence-electron chi connectivity index (χ0n) is 25.6. The molecule has 3 heterocycles. The van der Waals surface area contributed by atoms with Crippen molar-refractivity contribution in [3.8, 4) is 16.9 Å². The van der Waals surface area contributed by atoms with E-state index in [2.05, 4.69) is 30.6 Å². The van der Waals surface area contributed by atoms with Gasteiger partial charge >= 0.3 is 18.1 Å². The Morgan fingerprint density at radius 3 is 2.20 bits per heavy atom. The fourth-order valence-electron chi connectivity index (χ4n) is 4.14. The Balaban J connectivity index is 0.000000471. The number of pyridine rings is 1. The molecule has 5 aromatic rings. The van der Waals surface area contributed by atoms with Crippen LogP contribution in [0.4, 0.5) is 30.5 Å². The van der Waals surface area contributed by atoms with E-state index in [1.807, 2.05) is 13.0 Å². The Morgan fingerprint density at radius 1 is 0.898 bits per heavy atom. The highest BCUT2D eigenvalue weighted by Crippen LogP contribution is 2.33. The average molecular weight is 680 g/mol. The third-order valence-electron chi connectivity index (χ3n) is 6.68. The Morgan fingerprint density at radius 2 is 1.61 bits per heavy atom. The van der Waals surface area contributed by atoms with Crippen molar-refractivity contribution in [1.82, 2.24) is 24.5 Å². The largest absolute Gasteiger partial charge is 0.479 e. The monoisotopic (exact) mass is 679 g/mol. The standard InChI is InChI=1S/C28H22F3N7O.C4H6O6/c1-17-5-6-19(10-25(17)37-27-33-9-7-24(36-27)20-4-3-8-32-14-20)26(39)35-22-11-21(28(29,30)31)12-23(13-22)38-15-18(2)34-16-38;5-1(3(7)8)2(6)4(9)10/h3-16H,1-2H3,(H,35,39)(H,33,36,37);1-2,5-6H,(H,7,8)(H,9,10)/t;1-,2-/m.0/s1. The number of aliphatic carboxylic acids is 2. The van der Waals surface area contributed by atoms with Gasteiger partial charge in [0.2, 0.25) is 5.95 Å². The van der Waals surface area contributed by atoms with Crippen LogP contribution in [0.2, 0.25) is 0 Å². The van der Waals surface area contributed by atoms with Crippen molar-refractivity contribution in [3.63, 3.8) is 0 Å². The van der Waals surface area contributed by atoms with Crippen LogP contribution in [0.25, 0.3) is 16.9 Å². The minimum Gasteiger partial charge on any atom is -0.479 e. The molecule has 0 saturated heterocycles. The molecule has 0 aliphatic carbocycles. The normalized spacial score (nSPS) is 12.2. The van der Waals surface area contributed by atoms with Crippen LogP contribution in [0.3, 0.4) is 0 Å². The number of aliphatic hydroxyl groups excluding tert-OH is 2. The molecule has 0 fully saturated rings. The van der Waals surface area contributed by atoms with Crippen molar-refractivity contribution in [1.29, 1.82) is 0 Å². The van der Waals surface area contributed by atoms with Gasteiger partial charge in [0.1, 0.15) is 0 Å². The molecule has 0 saturated carbocycles. The lowest BCUT2D eigenvalue weighted by molar-refractivity contribution is -0.165. The van der Waals surface area contributed by atoms with Crippen LogP contribution in [-0.4, -0.2) is 75.0 Å². The minimum atomic E-state index is -4.60. The zero-order chi connectivity index (χ0) is 35.9. The number of nitrogens with one attached hydrogen (secondary N) is 2. The van der Waals surface area contributed by atoms with Crippen molar-refractivity contribution < 1.29 is 48.0 Å². The van der Waals surface area contributed by atoms with Crippen LogP contribution in [-0.2, 0) is 15.8 Å². The van der Waals surface area contributed by atoms with E-state index >= 15 is 0 Å². The number of hydrogen-bond donors (Lipinski definition) is 6. The number of halogens is 3.